The lowest BCUT2D eigenvalue weighted by atomic mass is 9.41. The number of hydrogen-bond donors (Lipinski definition) is 1. The van der Waals surface area contributed by atoms with Crippen molar-refractivity contribution < 1.29 is 33.3 Å². The molecule has 2 saturated carbocycles. The van der Waals surface area contributed by atoms with E-state index in [4.69, 9.17) is 18.6 Å². The zero-order valence-corrected chi connectivity index (χ0v) is 28.2. The first-order valence-corrected chi connectivity index (χ1v) is 16.4. The van der Waals surface area contributed by atoms with Gasteiger partial charge in [0.25, 0.3) is 0 Å². The summed E-state index contributed by atoms with van der Waals surface area (Å²) in [4.78, 5) is 43.4. The Bertz CT molecular complexity index is 1680. The van der Waals surface area contributed by atoms with Crippen LogP contribution < -0.4 is 10.4 Å². The van der Waals surface area contributed by atoms with Gasteiger partial charge in [0.15, 0.2) is 0 Å². The monoisotopic (exact) mass is 727 g/mol. The molecule has 2 aliphatic carbocycles. The van der Waals surface area contributed by atoms with Crippen LogP contribution >= 0.6 is 22.6 Å². The molecule has 2 fully saturated rings. The molecule has 2 aromatic heterocycles. The number of rotatable bonds is 5. The summed E-state index contributed by atoms with van der Waals surface area (Å²) in [7, 11) is 0. The minimum atomic E-state index is -1.27. The van der Waals surface area contributed by atoms with E-state index in [0.29, 0.717) is 17.5 Å². The smallest absolute Gasteiger partial charge is 0.345 e. The van der Waals surface area contributed by atoms with Crippen LogP contribution in [0.3, 0.4) is 0 Å². The van der Waals surface area contributed by atoms with Gasteiger partial charge in [-0.15, -0.1) is 0 Å². The van der Waals surface area contributed by atoms with Crippen LogP contribution in [0.25, 0.3) is 11.3 Å². The molecule has 0 bridgehead atoms. The fourth-order valence-corrected chi connectivity index (χ4v) is 8.84. The number of ether oxygens (including phenoxy) is 3. The predicted octanol–water partition coefficient (Wildman–Crippen LogP) is 6.36. The Kier molecular flexibility index (Phi) is 8.12. The zero-order chi connectivity index (χ0) is 32.3. The van der Waals surface area contributed by atoms with Crippen molar-refractivity contribution >= 4 is 34.5 Å². The lowest BCUT2D eigenvalue weighted by molar-refractivity contribution is -0.257. The van der Waals surface area contributed by atoms with Crippen LogP contribution in [0.1, 0.15) is 75.9 Å². The number of aliphatic hydroxyl groups excluding tert-OH is 1. The molecule has 9 nitrogen and oxygen atoms in total. The van der Waals surface area contributed by atoms with Gasteiger partial charge < -0.3 is 23.7 Å². The second-order valence-electron chi connectivity index (χ2n) is 13.5. The molecule has 6 rings (SSSR count). The van der Waals surface area contributed by atoms with Crippen molar-refractivity contribution in [1.29, 1.82) is 0 Å². The second-order valence-corrected chi connectivity index (χ2v) is 14.8. The molecule has 1 aliphatic heterocycles. The fourth-order valence-electron chi connectivity index (χ4n) is 8.48. The average molecular weight is 728 g/mol. The van der Waals surface area contributed by atoms with Gasteiger partial charge in [-0.3, -0.25) is 9.78 Å². The van der Waals surface area contributed by atoms with Crippen LogP contribution in [-0.4, -0.2) is 40.3 Å². The maximum absolute atomic E-state index is 13.7. The molecule has 3 heterocycles. The van der Waals surface area contributed by atoms with Gasteiger partial charge >= 0.3 is 17.6 Å². The molecule has 238 valence electrons. The third-order valence-electron chi connectivity index (χ3n) is 11.0. The van der Waals surface area contributed by atoms with Crippen LogP contribution in [-0.2, 0) is 14.3 Å². The molecule has 1 N–H and O–H groups in total. The molecule has 1 aromatic carbocycles. The molecular formula is C35H38INO8. The molecule has 0 saturated heterocycles. The van der Waals surface area contributed by atoms with Crippen LogP contribution in [0.5, 0.6) is 5.75 Å². The Morgan fingerprint density at radius 2 is 1.89 bits per heavy atom. The Balaban J connectivity index is 1.49. The van der Waals surface area contributed by atoms with E-state index in [1.165, 1.54) is 6.92 Å². The summed E-state index contributed by atoms with van der Waals surface area (Å²) in [6, 6.07) is 12.2. The highest BCUT2D eigenvalue weighted by atomic mass is 127. The normalized spacial score (nSPS) is 33.5. The average Bonchev–Trinajstić information content (AvgIpc) is 2.99. The van der Waals surface area contributed by atoms with E-state index < -0.39 is 46.2 Å². The number of carbonyl (C=O) groups is 2. The fraction of sp³-hybridized carbons (Fsp3) is 0.486. The SMILES string of the molecule is CC(=O)OC[C@@]1(C)C2C[C@H](OC(=O)c3ccc(I)cc3)[C@@]3(C)Oc4cc(-c5cccnc5)oc(=O)c4[C@H](O)C3[C@@]2(C)CC[C@@H]1C. The standard InChI is InChI=1S/C35H38INO8/c1-19-12-13-33(3)26(34(19,4)18-42-20(2)38)16-27(44-31(40)21-8-10-23(36)11-9-21)35(5)30(33)29(39)28-25(45-35)15-24(43-32(28)41)22-7-6-14-37-17-22/h6-11,14-15,17,19,26-27,29-30,39H,12-13,16,18H2,1-5H3/t19-,26?,27-,29-,30?,33-,34+,35+/m0/s1. The Morgan fingerprint density at radius 3 is 2.56 bits per heavy atom. The number of aromatic nitrogens is 1. The number of carbonyl (C=O) groups excluding carboxylic acids is 2. The Hall–Kier alpha value is -3.25. The number of halogens is 1. The van der Waals surface area contributed by atoms with E-state index in [1.807, 2.05) is 19.1 Å². The number of nitrogens with zero attached hydrogens (tertiary/aromatic N) is 1. The van der Waals surface area contributed by atoms with Crippen molar-refractivity contribution in [3.63, 3.8) is 0 Å². The maximum Gasteiger partial charge on any atom is 0.345 e. The van der Waals surface area contributed by atoms with Crippen molar-refractivity contribution in [2.75, 3.05) is 6.61 Å². The number of esters is 2. The van der Waals surface area contributed by atoms with E-state index in [1.54, 1.807) is 42.7 Å². The number of hydrogen-bond acceptors (Lipinski definition) is 9. The summed E-state index contributed by atoms with van der Waals surface area (Å²) in [5, 5.41) is 12.2. The molecule has 3 aliphatic rings. The predicted molar refractivity (Wildman–Crippen MR) is 173 cm³/mol. The van der Waals surface area contributed by atoms with Crippen LogP contribution in [0.2, 0.25) is 0 Å². The van der Waals surface area contributed by atoms with E-state index in [-0.39, 0.29) is 41.5 Å². The van der Waals surface area contributed by atoms with Gasteiger partial charge in [-0.05, 0) is 102 Å². The van der Waals surface area contributed by atoms with Crippen LogP contribution in [0, 0.1) is 32.2 Å². The molecule has 0 amide bonds. The quantitative estimate of drug-likeness (QED) is 0.236. The summed E-state index contributed by atoms with van der Waals surface area (Å²) in [5.74, 6) is -1.04. The van der Waals surface area contributed by atoms with Crippen molar-refractivity contribution in [1.82, 2.24) is 4.98 Å². The third-order valence-corrected chi connectivity index (χ3v) is 11.7. The molecule has 8 atom stereocenters. The summed E-state index contributed by atoms with van der Waals surface area (Å²) in [5.41, 5.74) is -1.93. The largest absolute Gasteiger partial charge is 0.482 e. The number of fused-ring (bicyclic) bond motifs is 4. The highest BCUT2D eigenvalue weighted by Crippen LogP contribution is 2.68. The summed E-state index contributed by atoms with van der Waals surface area (Å²) < 4.78 is 25.5. The first-order valence-electron chi connectivity index (χ1n) is 15.3. The third kappa shape index (κ3) is 5.27. The van der Waals surface area contributed by atoms with Crippen LogP contribution in [0.15, 0.2) is 64.1 Å². The summed E-state index contributed by atoms with van der Waals surface area (Å²) in [6.45, 7) is 9.85. The molecule has 0 spiro atoms. The number of pyridine rings is 1. The first kappa shape index (κ1) is 31.7. The highest BCUT2D eigenvalue weighted by molar-refractivity contribution is 14.1. The second kappa shape index (κ2) is 11.5. The lowest BCUT2D eigenvalue weighted by Crippen LogP contribution is -2.70. The van der Waals surface area contributed by atoms with Gasteiger partial charge in [0.05, 0.1) is 18.3 Å². The van der Waals surface area contributed by atoms with Crippen molar-refractivity contribution in [2.24, 2.45) is 28.6 Å². The first-order chi connectivity index (χ1) is 21.3. The zero-order valence-electron chi connectivity index (χ0n) is 26.0. The Labute approximate surface area is 275 Å². The lowest BCUT2D eigenvalue weighted by Gasteiger charge is -2.66. The van der Waals surface area contributed by atoms with Gasteiger partial charge in [-0.2, -0.15) is 0 Å². The molecular weight excluding hydrogens is 689 g/mol. The maximum atomic E-state index is 13.7. The van der Waals surface area contributed by atoms with Gasteiger partial charge in [-0.1, -0.05) is 20.8 Å². The summed E-state index contributed by atoms with van der Waals surface area (Å²) in [6.07, 6.45) is 3.11. The van der Waals surface area contributed by atoms with Gasteiger partial charge in [0.2, 0.25) is 0 Å². The van der Waals surface area contributed by atoms with E-state index in [9.17, 15) is 19.5 Å². The molecule has 10 heteroatoms. The highest BCUT2D eigenvalue weighted by Gasteiger charge is 2.70. The van der Waals surface area contributed by atoms with E-state index >= 15 is 0 Å². The number of aliphatic hydroxyl groups is 1. The van der Waals surface area contributed by atoms with Gasteiger partial charge in [0.1, 0.15) is 28.8 Å². The molecule has 45 heavy (non-hydrogen) atoms. The van der Waals surface area contributed by atoms with Crippen molar-refractivity contribution in [3.8, 4) is 17.1 Å². The van der Waals surface area contributed by atoms with Crippen LogP contribution in [0.4, 0.5) is 0 Å². The Morgan fingerprint density at radius 1 is 1.16 bits per heavy atom. The summed E-state index contributed by atoms with van der Waals surface area (Å²) >= 11 is 2.18. The van der Waals surface area contributed by atoms with E-state index in [2.05, 4.69) is 48.3 Å². The minimum Gasteiger partial charge on any atom is -0.482 e. The van der Waals surface area contributed by atoms with Gasteiger partial charge in [0, 0.05) is 45.9 Å². The topological polar surface area (TPSA) is 125 Å². The van der Waals surface area contributed by atoms with Crippen molar-refractivity contribution in [3.05, 3.63) is 80.0 Å². The minimum absolute atomic E-state index is 0.0509. The molecule has 3 aromatic rings. The van der Waals surface area contributed by atoms with Crippen molar-refractivity contribution in [2.45, 2.75) is 71.7 Å². The van der Waals surface area contributed by atoms with Gasteiger partial charge in [-0.25, -0.2) is 9.59 Å². The van der Waals surface area contributed by atoms with E-state index in [0.717, 1.165) is 16.4 Å². The molecule has 2 unspecified atom stereocenters. The molecule has 0 radical (unpaired) electrons. The number of benzene rings is 1.